The van der Waals surface area contributed by atoms with Gasteiger partial charge in [-0.3, -0.25) is 9.89 Å². The van der Waals surface area contributed by atoms with Gasteiger partial charge in [0.1, 0.15) is 0 Å². The number of hydrogen-bond donors (Lipinski definition) is 1. The lowest BCUT2D eigenvalue weighted by Gasteiger charge is -2.36. The maximum Gasteiger partial charge on any atom is 0.194 e. The highest BCUT2D eigenvalue weighted by Gasteiger charge is 2.41. The molecule has 0 bridgehead atoms. The second-order valence-electron chi connectivity index (χ2n) is 7.89. The fourth-order valence-corrected chi connectivity index (χ4v) is 4.12. The van der Waals surface area contributed by atoms with Crippen molar-refractivity contribution in [3.63, 3.8) is 0 Å². The van der Waals surface area contributed by atoms with Crippen LogP contribution in [-0.4, -0.2) is 94.2 Å². The van der Waals surface area contributed by atoms with Crippen LogP contribution in [0.1, 0.15) is 25.3 Å². The fraction of sp³-hybridized carbons (Fsp3) is 0.696. The summed E-state index contributed by atoms with van der Waals surface area (Å²) in [5.41, 5.74) is 1.37. The predicted octanol–water partition coefficient (Wildman–Crippen LogP) is 1.98. The predicted molar refractivity (Wildman–Crippen MR) is 120 cm³/mol. The minimum atomic E-state index is 0.250. The van der Waals surface area contributed by atoms with Gasteiger partial charge in [0.25, 0.3) is 0 Å². The third kappa shape index (κ3) is 6.94. The Morgan fingerprint density at radius 3 is 2.83 bits per heavy atom. The summed E-state index contributed by atoms with van der Waals surface area (Å²) >= 11 is 0. The lowest BCUT2D eigenvalue weighted by Crippen LogP contribution is -2.50. The summed E-state index contributed by atoms with van der Waals surface area (Å²) in [4.78, 5) is 9.82. The highest BCUT2D eigenvalue weighted by Crippen LogP contribution is 2.24. The van der Waals surface area contributed by atoms with Crippen molar-refractivity contribution in [1.29, 1.82) is 0 Å². The third-order valence-corrected chi connectivity index (χ3v) is 5.67. The van der Waals surface area contributed by atoms with Crippen LogP contribution in [-0.2, 0) is 20.8 Å². The van der Waals surface area contributed by atoms with Crippen molar-refractivity contribution in [3.8, 4) is 0 Å². The summed E-state index contributed by atoms with van der Waals surface area (Å²) in [6.07, 6.45) is 2.30. The maximum absolute atomic E-state index is 6.13. The first kappa shape index (κ1) is 23.0. The number of methoxy groups -OCH3 is 1. The normalized spacial score (nSPS) is 22.3. The maximum atomic E-state index is 6.13. The first-order chi connectivity index (χ1) is 14.8. The number of morpholine rings is 1. The van der Waals surface area contributed by atoms with E-state index < -0.39 is 0 Å². The molecule has 2 atom stereocenters. The number of nitrogens with one attached hydrogen (secondary N) is 1. The highest BCUT2D eigenvalue weighted by molar-refractivity contribution is 5.80. The van der Waals surface area contributed by atoms with E-state index in [0.717, 1.165) is 71.3 Å². The van der Waals surface area contributed by atoms with Crippen molar-refractivity contribution in [1.82, 2.24) is 15.1 Å². The van der Waals surface area contributed by atoms with Gasteiger partial charge in [-0.2, -0.15) is 0 Å². The molecule has 2 aliphatic rings. The molecule has 0 radical (unpaired) electrons. The Balaban J connectivity index is 1.49. The topological polar surface area (TPSA) is 58.6 Å². The molecule has 2 heterocycles. The summed E-state index contributed by atoms with van der Waals surface area (Å²) in [7, 11) is 1.70. The number of aliphatic imine (C=N–C) groups is 1. The molecule has 1 aromatic rings. The van der Waals surface area contributed by atoms with Crippen molar-refractivity contribution in [3.05, 3.63) is 35.9 Å². The molecule has 2 aliphatic heterocycles. The van der Waals surface area contributed by atoms with Gasteiger partial charge in [-0.05, 0) is 25.3 Å². The molecule has 3 rings (SSSR count). The van der Waals surface area contributed by atoms with Gasteiger partial charge in [-0.25, -0.2) is 0 Å². The van der Waals surface area contributed by atoms with Crippen LogP contribution >= 0.6 is 0 Å². The van der Waals surface area contributed by atoms with E-state index in [4.69, 9.17) is 19.2 Å². The van der Waals surface area contributed by atoms with E-state index in [9.17, 15) is 0 Å². The standard InChI is InChI=1S/C23H38N4O3/c1-3-24-23(25-11-7-8-13-29-16-15-28-2)27-18-21-22(19-27)30-14-12-26(21)17-20-9-5-4-6-10-20/h4-6,9-10,21-22H,3,7-8,11-19H2,1-2H3,(H,24,25). The Kier molecular flexibility index (Phi) is 9.89. The van der Waals surface area contributed by atoms with E-state index in [1.807, 2.05) is 0 Å². The van der Waals surface area contributed by atoms with Crippen molar-refractivity contribution < 1.29 is 14.2 Å². The smallest absolute Gasteiger partial charge is 0.194 e. The average molecular weight is 419 g/mol. The van der Waals surface area contributed by atoms with Gasteiger partial charge in [-0.15, -0.1) is 0 Å². The molecule has 2 unspecified atom stereocenters. The second-order valence-corrected chi connectivity index (χ2v) is 7.89. The molecular formula is C23H38N4O3. The average Bonchev–Trinajstić information content (AvgIpc) is 3.21. The minimum Gasteiger partial charge on any atom is -0.382 e. The molecule has 0 spiro atoms. The largest absolute Gasteiger partial charge is 0.382 e. The molecule has 7 heteroatoms. The van der Waals surface area contributed by atoms with Gasteiger partial charge in [0.05, 0.1) is 32.0 Å². The zero-order valence-corrected chi connectivity index (χ0v) is 18.6. The van der Waals surface area contributed by atoms with Gasteiger partial charge in [-0.1, -0.05) is 30.3 Å². The lowest BCUT2D eigenvalue weighted by atomic mass is 10.1. The van der Waals surface area contributed by atoms with Crippen LogP contribution in [0, 0.1) is 0 Å². The number of nitrogens with zero attached hydrogens (tertiary/aromatic N) is 3. The SMILES string of the molecule is CCNC(=NCCCCOCCOC)N1CC2OCCN(Cc3ccccc3)C2C1. The summed E-state index contributed by atoms with van der Waals surface area (Å²) in [5, 5.41) is 3.47. The van der Waals surface area contributed by atoms with Crippen LogP contribution < -0.4 is 5.32 Å². The van der Waals surface area contributed by atoms with Crippen molar-refractivity contribution in [2.45, 2.75) is 38.5 Å². The van der Waals surface area contributed by atoms with Gasteiger partial charge in [0, 0.05) is 53.0 Å². The van der Waals surface area contributed by atoms with Crippen molar-refractivity contribution in [2.75, 3.05) is 66.3 Å². The van der Waals surface area contributed by atoms with Gasteiger partial charge in [0.15, 0.2) is 5.96 Å². The number of guanidine groups is 1. The molecular weight excluding hydrogens is 380 g/mol. The fourth-order valence-electron chi connectivity index (χ4n) is 4.12. The van der Waals surface area contributed by atoms with Gasteiger partial charge < -0.3 is 24.4 Å². The number of fused-ring (bicyclic) bond motifs is 1. The summed E-state index contributed by atoms with van der Waals surface area (Å²) in [5.74, 6) is 1.01. The first-order valence-corrected chi connectivity index (χ1v) is 11.3. The lowest BCUT2D eigenvalue weighted by molar-refractivity contribution is -0.0502. The van der Waals surface area contributed by atoms with Gasteiger partial charge >= 0.3 is 0 Å². The molecule has 7 nitrogen and oxygen atoms in total. The second kappa shape index (κ2) is 12.9. The number of unbranched alkanes of at least 4 members (excludes halogenated alkanes) is 1. The Morgan fingerprint density at radius 2 is 2.03 bits per heavy atom. The zero-order valence-electron chi connectivity index (χ0n) is 18.6. The molecule has 2 fully saturated rings. The van der Waals surface area contributed by atoms with E-state index in [0.29, 0.717) is 19.3 Å². The van der Waals surface area contributed by atoms with Crippen LogP contribution in [0.25, 0.3) is 0 Å². The van der Waals surface area contributed by atoms with Crippen molar-refractivity contribution >= 4 is 5.96 Å². The summed E-state index contributed by atoms with van der Waals surface area (Å²) in [6.45, 7) is 10.5. The Bertz CT molecular complexity index is 628. The zero-order chi connectivity index (χ0) is 21.0. The number of likely N-dealkylation sites (tertiary alicyclic amines) is 1. The van der Waals surface area contributed by atoms with E-state index >= 15 is 0 Å². The molecule has 1 aromatic carbocycles. The minimum absolute atomic E-state index is 0.250. The number of rotatable bonds is 11. The van der Waals surface area contributed by atoms with Crippen molar-refractivity contribution in [2.24, 2.45) is 4.99 Å². The van der Waals surface area contributed by atoms with Crippen LogP contribution in [0.3, 0.4) is 0 Å². The highest BCUT2D eigenvalue weighted by atomic mass is 16.5. The molecule has 30 heavy (non-hydrogen) atoms. The van der Waals surface area contributed by atoms with Crippen LogP contribution in [0.4, 0.5) is 0 Å². The van der Waals surface area contributed by atoms with Gasteiger partial charge in [0.2, 0.25) is 0 Å². The molecule has 168 valence electrons. The molecule has 0 aliphatic carbocycles. The van der Waals surface area contributed by atoms with Crippen LogP contribution in [0.5, 0.6) is 0 Å². The number of hydrogen-bond acceptors (Lipinski definition) is 5. The van der Waals surface area contributed by atoms with Crippen LogP contribution in [0.15, 0.2) is 35.3 Å². The molecule has 1 N–H and O–H groups in total. The van der Waals surface area contributed by atoms with E-state index in [-0.39, 0.29) is 6.10 Å². The molecule has 0 aromatic heterocycles. The van der Waals surface area contributed by atoms with E-state index in [1.165, 1.54) is 5.56 Å². The third-order valence-electron chi connectivity index (χ3n) is 5.67. The quantitative estimate of drug-likeness (QED) is 0.337. The molecule has 0 saturated carbocycles. The van der Waals surface area contributed by atoms with Crippen LogP contribution in [0.2, 0.25) is 0 Å². The van der Waals surface area contributed by atoms with E-state index in [1.54, 1.807) is 7.11 Å². The first-order valence-electron chi connectivity index (χ1n) is 11.3. The number of ether oxygens (including phenoxy) is 3. The monoisotopic (exact) mass is 418 g/mol. The summed E-state index contributed by atoms with van der Waals surface area (Å²) in [6, 6.07) is 11.1. The molecule has 0 amide bonds. The number of benzene rings is 1. The Hall–Kier alpha value is -1.67. The summed E-state index contributed by atoms with van der Waals surface area (Å²) < 4.78 is 16.6. The molecule has 2 saturated heterocycles. The Morgan fingerprint density at radius 1 is 1.17 bits per heavy atom. The van der Waals surface area contributed by atoms with E-state index in [2.05, 4.69) is 52.4 Å². The Labute approximate surface area is 181 Å².